The summed E-state index contributed by atoms with van der Waals surface area (Å²) in [6.07, 6.45) is 1.28. The Hall–Kier alpha value is -1.99. The number of rotatable bonds is 9. The van der Waals surface area contributed by atoms with E-state index in [1.54, 1.807) is 19.2 Å². The van der Waals surface area contributed by atoms with Crippen molar-refractivity contribution < 1.29 is 23.8 Å². The van der Waals surface area contributed by atoms with Crippen LogP contribution in [0.3, 0.4) is 0 Å². The van der Waals surface area contributed by atoms with Crippen LogP contribution in [-0.2, 0) is 14.3 Å². The summed E-state index contributed by atoms with van der Waals surface area (Å²) in [7, 11) is 4.59. The number of methoxy groups -OCH3 is 3. The van der Waals surface area contributed by atoms with Crippen LogP contribution in [0.5, 0.6) is 11.5 Å². The Kier molecular flexibility index (Phi) is 6.90. The van der Waals surface area contributed by atoms with Crippen LogP contribution >= 0.6 is 11.6 Å². The molecule has 1 fully saturated rings. The molecule has 2 N–H and O–H groups in total. The summed E-state index contributed by atoms with van der Waals surface area (Å²) in [5.74, 6) is -0.0884. The van der Waals surface area contributed by atoms with Gasteiger partial charge in [0.1, 0.15) is 11.5 Å². The molecule has 138 valence electrons. The van der Waals surface area contributed by atoms with Crippen molar-refractivity contribution in [1.29, 1.82) is 0 Å². The van der Waals surface area contributed by atoms with E-state index in [0.717, 1.165) is 6.42 Å². The third-order valence-corrected chi connectivity index (χ3v) is 4.32. The quantitative estimate of drug-likeness (QED) is 0.650. The number of nitrogens with one attached hydrogen (secondary N) is 2. The molecule has 2 unspecified atom stereocenters. The molecule has 0 saturated heterocycles. The van der Waals surface area contributed by atoms with Crippen molar-refractivity contribution in [2.75, 3.05) is 39.8 Å². The summed E-state index contributed by atoms with van der Waals surface area (Å²) in [4.78, 5) is 24.4. The van der Waals surface area contributed by atoms with Crippen molar-refractivity contribution in [3.05, 3.63) is 17.2 Å². The predicted molar refractivity (Wildman–Crippen MR) is 94.3 cm³/mol. The van der Waals surface area contributed by atoms with Gasteiger partial charge in [-0.1, -0.05) is 11.6 Å². The number of benzene rings is 1. The lowest BCUT2D eigenvalue weighted by molar-refractivity contribution is -0.125. The van der Waals surface area contributed by atoms with Gasteiger partial charge in [-0.25, -0.2) is 0 Å². The molecule has 0 aromatic heterocycles. The maximum atomic E-state index is 12.4. The molecule has 1 saturated carbocycles. The van der Waals surface area contributed by atoms with Crippen LogP contribution in [-0.4, -0.2) is 46.3 Å². The van der Waals surface area contributed by atoms with Crippen LogP contribution in [0.25, 0.3) is 0 Å². The van der Waals surface area contributed by atoms with E-state index in [0.29, 0.717) is 41.8 Å². The number of hydrogen-bond donors (Lipinski definition) is 2. The van der Waals surface area contributed by atoms with Gasteiger partial charge in [0.25, 0.3) is 0 Å². The molecule has 0 aliphatic heterocycles. The number of hydrogen-bond acceptors (Lipinski definition) is 5. The molecule has 1 aliphatic carbocycles. The Morgan fingerprint density at radius 1 is 1.12 bits per heavy atom. The Bertz CT molecular complexity index is 638. The first-order valence-electron chi connectivity index (χ1n) is 8.00. The van der Waals surface area contributed by atoms with Crippen molar-refractivity contribution in [1.82, 2.24) is 5.32 Å². The largest absolute Gasteiger partial charge is 0.495 e. The summed E-state index contributed by atoms with van der Waals surface area (Å²) in [5, 5.41) is 5.99. The van der Waals surface area contributed by atoms with E-state index in [9.17, 15) is 9.59 Å². The average Bonchev–Trinajstić information content (AvgIpc) is 3.40. The smallest absolute Gasteiger partial charge is 0.228 e. The molecule has 0 radical (unpaired) electrons. The van der Waals surface area contributed by atoms with Gasteiger partial charge in [-0.2, -0.15) is 0 Å². The highest BCUT2D eigenvalue weighted by Crippen LogP contribution is 2.41. The van der Waals surface area contributed by atoms with Crippen molar-refractivity contribution in [3.63, 3.8) is 0 Å². The van der Waals surface area contributed by atoms with Gasteiger partial charge in [0.15, 0.2) is 0 Å². The van der Waals surface area contributed by atoms with Crippen molar-refractivity contribution in [3.8, 4) is 11.5 Å². The second-order valence-corrected chi connectivity index (χ2v) is 6.17. The molecule has 7 nitrogen and oxygen atoms in total. The third-order valence-electron chi connectivity index (χ3n) is 4.02. The second kappa shape index (κ2) is 8.92. The van der Waals surface area contributed by atoms with Crippen LogP contribution in [0.15, 0.2) is 12.1 Å². The monoisotopic (exact) mass is 370 g/mol. The highest BCUT2D eigenvalue weighted by Gasteiger charge is 2.48. The van der Waals surface area contributed by atoms with E-state index >= 15 is 0 Å². The van der Waals surface area contributed by atoms with E-state index < -0.39 is 0 Å². The number of carbonyl (C=O) groups excluding carboxylic acids is 2. The van der Waals surface area contributed by atoms with Crippen LogP contribution in [0, 0.1) is 11.8 Å². The van der Waals surface area contributed by atoms with Crippen LogP contribution in [0.1, 0.15) is 12.8 Å². The first-order valence-corrected chi connectivity index (χ1v) is 8.38. The summed E-state index contributed by atoms with van der Waals surface area (Å²) in [5.41, 5.74) is 0.458. The Morgan fingerprint density at radius 2 is 1.80 bits per heavy atom. The van der Waals surface area contributed by atoms with E-state index in [1.807, 2.05) is 0 Å². The molecule has 0 spiro atoms. The topological polar surface area (TPSA) is 85.9 Å². The fraction of sp³-hybridized carbons (Fsp3) is 0.529. The first kappa shape index (κ1) is 19.3. The standard InChI is InChI=1S/C17H23ClN2O5/c1-23-6-4-5-19-16(21)10-7-11(10)17(22)20-13-9-14(24-2)12(18)8-15(13)25-3/h8-11H,4-7H2,1-3H3,(H,19,21)(H,20,22). The van der Waals surface area contributed by atoms with Gasteiger partial charge in [-0.3, -0.25) is 9.59 Å². The molecule has 8 heteroatoms. The van der Waals surface area contributed by atoms with E-state index in [4.69, 9.17) is 25.8 Å². The third kappa shape index (κ3) is 4.99. The zero-order valence-corrected chi connectivity index (χ0v) is 15.3. The molecular formula is C17H23ClN2O5. The van der Waals surface area contributed by atoms with Gasteiger partial charge < -0.3 is 24.8 Å². The van der Waals surface area contributed by atoms with E-state index in [2.05, 4.69) is 10.6 Å². The highest BCUT2D eigenvalue weighted by molar-refractivity contribution is 6.32. The molecule has 0 bridgehead atoms. The lowest BCUT2D eigenvalue weighted by Gasteiger charge is -2.13. The summed E-state index contributed by atoms with van der Waals surface area (Å²) >= 11 is 6.05. The van der Waals surface area contributed by atoms with Gasteiger partial charge in [0.2, 0.25) is 11.8 Å². The van der Waals surface area contributed by atoms with Crippen LogP contribution < -0.4 is 20.1 Å². The lowest BCUT2D eigenvalue weighted by atomic mass is 10.2. The number of halogens is 1. The summed E-state index contributed by atoms with van der Waals surface area (Å²) in [6.45, 7) is 1.13. The van der Waals surface area contributed by atoms with E-state index in [-0.39, 0.29) is 23.7 Å². The molecule has 1 aliphatic rings. The van der Waals surface area contributed by atoms with Crippen LogP contribution in [0.4, 0.5) is 5.69 Å². The fourth-order valence-corrected chi connectivity index (χ4v) is 2.75. The van der Waals surface area contributed by atoms with E-state index in [1.165, 1.54) is 14.2 Å². The number of ether oxygens (including phenoxy) is 3. The molecule has 2 amide bonds. The maximum Gasteiger partial charge on any atom is 0.228 e. The normalized spacial score (nSPS) is 18.4. The lowest BCUT2D eigenvalue weighted by Crippen LogP contribution is -2.28. The number of carbonyl (C=O) groups is 2. The molecule has 25 heavy (non-hydrogen) atoms. The molecule has 1 aromatic rings. The number of anilines is 1. The summed E-state index contributed by atoms with van der Waals surface area (Å²) in [6, 6.07) is 3.17. The molecule has 2 atom stereocenters. The second-order valence-electron chi connectivity index (χ2n) is 5.76. The molecular weight excluding hydrogens is 348 g/mol. The van der Waals surface area contributed by atoms with Crippen molar-refractivity contribution in [2.45, 2.75) is 12.8 Å². The Labute approximate surface area is 152 Å². The molecule has 2 rings (SSSR count). The van der Waals surface area contributed by atoms with Crippen LogP contribution in [0.2, 0.25) is 5.02 Å². The number of amides is 2. The minimum absolute atomic E-state index is 0.100. The van der Waals surface area contributed by atoms with Crippen molar-refractivity contribution >= 4 is 29.1 Å². The Balaban J connectivity index is 1.92. The summed E-state index contributed by atoms with van der Waals surface area (Å²) < 4.78 is 15.3. The first-order chi connectivity index (χ1) is 12.0. The molecule has 0 heterocycles. The Morgan fingerprint density at radius 3 is 2.44 bits per heavy atom. The maximum absolute atomic E-state index is 12.4. The fourth-order valence-electron chi connectivity index (χ4n) is 2.52. The zero-order valence-electron chi connectivity index (χ0n) is 14.6. The van der Waals surface area contributed by atoms with Gasteiger partial charge in [-0.05, 0) is 12.8 Å². The highest BCUT2D eigenvalue weighted by atomic mass is 35.5. The minimum atomic E-state index is -0.339. The van der Waals surface area contributed by atoms with Gasteiger partial charge in [0, 0.05) is 32.4 Å². The SMILES string of the molecule is COCCCNC(=O)C1CC1C(=O)Nc1cc(OC)c(Cl)cc1OC. The molecule has 1 aromatic carbocycles. The minimum Gasteiger partial charge on any atom is -0.495 e. The average molecular weight is 371 g/mol. The van der Waals surface area contributed by atoms with Gasteiger partial charge in [0.05, 0.1) is 36.8 Å². The zero-order chi connectivity index (χ0) is 18.4. The van der Waals surface area contributed by atoms with Gasteiger partial charge in [-0.15, -0.1) is 0 Å². The van der Waals surface area contributed by atoms with Gasteiger partial charge >= 0.3 is 0 Å². The van der Waals surface area contributed by atoms with Crippen molar-refractivity contribution in [2.24, 2.45) is 11.8 Å². The predicted octanol–water partition coefficient (Wildman–Crippen LogP) is 2.08.